The second kappa shape index (κ2) is 11.6. The number of rotatable bonds is 10. The maximum atomic E-state index is 12.1. The van der Waals surface area contributed by atoms with Crippen molar-refractivity contribution in [3.05, 3.63) is 30.1 Å². The first-order chi connectivity index (χ1) is 19.2. The summed E-state index contributed by atoms with van der Waals surface area (Å²) in [5.41, 5.74) is 3.63. The number of nitrogens with zero attached hydrogens (tertiary/aromatic N) is 5. The van der Waals surface area contributed by atoms with E-state index in [9.17, 15) is 9.90 Å². The average Bonchev–Trinajstić information content (AvgIpc) is 3.27. The molecule has 3 heterocycles. The van der Waals surface area contributed by atoms with Gasteiger partial charge < -0.3 is 15.2 Å². The van der Waals surface area contributed by atoms with E-state index in [1.54, 1.807) is 0 Å². The minimum atomic E-state index is -1.18. The summed E-state index contributed by atoms with van der Waals surface area (Å²) in [6.07, 6.45) is 7.89. The van der Waals surface area contributed by atoms with E-state index in [-0.39, 0.29) is 23.7 Å². The summed E-state index contributed by atoms with van der Waals surface area (Å²) in [5, 5.41) is 13.4. The number of ether oxygens (including phenoxy) is 1. The predicted molar refractivity (Wildman–Crippen MR) is 158 cm³/mol. The lowest BCUT2D eigenvalue weighted by atomic mass is 9.80. The highest BCUT2D eigenvalue weighted by atomic mass is 16.5. The molecule has 5 rings (SSSR count). The Hall–Kier alpha value is -3.49. The summed E-state index contributed by atoms with van der Waals surface area (Å²) in [6.45, 7) is 15.7. The van der Waals surface area contributed by atoms with Crippen LogP contribution in [0.4, 0.5) is 5.82 Å². The molecule has 2 aliphatic rings. The molecule has 214 valence electrons. The zero-order valence-corrected chi connectivity index (χ0v) is 24.4. The largest absolute Gasteiger partial charge is 0.478 e. The number of allylic oxidation sites excluding steroid dienone is 1. The van der Waals surface area contributed by atoms with E-state index < -0.39 is 5.97 Å². The number of aromatic carboxylic acids is 1. The number of fused-ring (bicyclic) bond motifs is 1. The molecule has 0 aliphatic heterocycles. The number of nitrogens with one attached hydrogen (secondary N) is 1. The van der Waals surface area contributed by atoms with Crippen LogP contribution in [-0.4, -0.2) is 48.2 Å². The van der Waals surface area contributed by atoms with E-state index in [1.807, 2.05) is 23.6 Å². The highest BCUT2D eigenvalue weighted by molar-refractivity contribution is 5.94. The zero-order valence-electron chi connectivity index (χ0n) is 24.4. The Labute approximate surface area is 236 Å². The van der Waals surface area contributed by atoms with Crippen molar-refractivity contribution in [2.75, 3.05) is 11.9 Å². The molecule has 2 aliphatic carbocycles. The van der Waals surface area contributed by atoms with Crippen molar-refractivity contribution >= 4 is 28.6 Å². The number of anilines is 1. The molecule has 2 saturated carbocycles. The Morgan fingerprint density at radius 2 is 1.82 bits per heavy atom. The maximum Gasteiger partial charge on any atom is 0.374 e. The van der Waals surface area contributed by atoms with Crippen LogP contribution in [-0.2, 0) is 0 Å². The van der Waals surface area contributed by atoms with E-state index in [4.69, 9.17) is 14.7 Å². The molecule has 0 bridgehead atoms. The smallest absolute Gasteiger partial charge is 0.374 e. The van der Waals surface area contributed by atoms with E-state index in [0.717, 1.165) is 49.8 Å². The fraction of sp³-hybridized carbons (Fsp3) is 0.581. The fourth-order valence-electron chi connectivity index (χ4n) is 5.88. The van der Waals surface area contributed by atoms with Gasteiger partial charge in [-0.1, -0.05) is 46.6 Å². The first kappa shape index (κ1) is 28.1. The van der Waals surface area contributed by atoms with Crippen LogP contribution < -0.4 is 10.1 Å². The van der Waals surface area contributed by atoms with Crippen molar-refractivity contribution in [2.45, 2.75) is 91.5 Å². The lowest BCUT2D eigenvalue weighted by Gasteiger charge is -2.32. The molecule has 0 unspecified atom stereocenters. The van der Waals surface area contributed by atoms with Crippen LogP contribution in [0.3, 0.4) is 0 Å². The molecular weight excluding hydrogens is 504 g/mol. The summed E-state index contributed by atoms with van der Waals surface area (Å²) < 4.78 is 7.89. The number of imidazole rings is 1. The molecule has 3 aromatic heterocycles. The molecule has 9 nitrogen and oxygen atoms in total. The number of aromatic nitrogens is 5. The second-order valence-electron chi connectivity index (χ2n) is 11.9. The third kappa shape index (κ3) is 5.56. The molecule has 0 aromatic carbocycles. The van der Waals surface area contributed by atoms with E-state index in [1.165, 1.54) is 6.42 Å². The van der Waals surface area contributed by atoms with Gasteiger partial charge >= 0.3 is 5.97 Å². The van der Waals surface area contributed by atoms with Gasteiger partial charge in [0.25, 0.3) is 0 Å². The highest BCUT2D eigenvalue weighted by Gasteiger charge is 2.31. The Morgan fingerprint density at radius 1 is 1.10 bits per heavy atom. The van der Waals surface area contributed by atoms with Crippen molar-refractivity contribution in [3.8, 4) is 17.4 Å². The van der Waals surface area contributed by atoms with Gasteiger partial charge in [-0.2, -0.15) is 0 Å². The molecule has 3 aromatic rings. The van der Waals surface area contributed by atoms with E-state index >= 15 is 0 Å². The van der Waals surface area contributed by atoms with Gasteiger partial charge in [-0.3, -0.25) is 4.57 Å². The molecule has 0 saturated heterocycles. The quantitative estimate of drug-likeness (QED) is 0.279. The summed E-state index contributed by atoms with van der Waals surface area (Å²) in [4.78, 5) is 30.7. The monoisotopic (exact) mass is 546 g/mol. The molecule has 40 heavy (non-hydrogen) atoms. The van der Waals surface area contributed by atoms with Crippen molar-refractivity contribution < 1.29 is 14.6 Å². The van der Waals surface area contributed by atoms with Gasteiger partial charge in [0.05, 0.1) is 6.61 Å². The minimum absolute atomic E-state index is 0.135. The van der Waals surface area contributed by atoms with Crippen LogP contribution in [0.15, 0.2) is 18.7 Å². The fourth-order valence-corrected chi connectivity index (χ4v) is 5.88. The minimum Gasteiger partial charge on any atom is -0.478 e. The summed E-state index contributed by atoms with van der Waals surface area (Å²) in [6, 6.07) is 4.14. The Bertz CT molecular complexity index is 1400. The number of carboxylic acid groups (broad SMARTS) is 1. The van der Waals surface area contributed by atoms with Gasteiger partial charge in [0.15, 0.2) is 17.3 Å². The van der Waals surface area contributed by atoms with Crippen LogP contribution in [0.25, 0.3) is 28.4 Å². The molecule has 2 N–H and O–H groups in total. The highest BCUT2D eigenvalue weighted by Crippen LogP contribution is 2.40. The lowest BCUT2D eigenvalue weighted by Crippen LogP contribution is -2.31. The Kier molecular flexibility index (Phi) is 8.10. The van der Waals surface area contributed by atoms with Gasteiger partial charge in [0.1, 0.15) is 11.2 Å². The number of hydrogen-bond donors (Lipinski definition) is 2. The first-order valence-corrected chi connectivity index (χ1v) is 14.8. The Balaban J connectivity index is 1.74. The maximum absolute atomic E-state index is 12.1. The number of carboxylic acids is 1. The summed E-state index contributed by atoms with van der Waals surface area (Å²) >= 11 is 0. The van der Waals surface area contributed by atoms with Gasteiger partial charge in [-0.15, -0.1) is 0 Å². The van der Waals surface area contributed by atoms with Crippen molar-refractivity contribution in [1.29, 1.82) is 0 Å². The molecule has 2 fully saturated rings. The van der Waals surface area contributed by atoms with Gasteiger partial charge in [-0.05, 0) is 74.8 Å². The van der Waals surface area contributed by atoms with Gasteiger partial charge in [0.2, 0.25) is 11.7 Å². The summed E-state index contributed by atoms with van der Waals surface area (Å²) in [7, 11) is 0. The van der Waals surface area contributed by atoms with Crippen molar-refractivity contribution in [1.82, 2.24) is 24.5 Å². The average molecular weight is 547 g/mol. The van der Waals surface area contributed by atoms with Crippen LogP contribution in [0, 0.1) is 17.8 Å². The zero-order chi connectivity index (χ0) is 28.6. The summed E-state index contributed by atoms with van der Waals surface area (Å²) in [5.74, 6) is 1.88. The van der Waals surface area contributed by atoms with Crippen LogP contribution in [0.5, 0.6) is 5.88 Å². The SMILES string of the molecule is C=C([C@H]1CC[C@H](C)CC1)n1c(-c2cc(C(C)C)cc(OCC)n2)nc2nc(C(=O)O)nc(N[C@H](C)C3CCC3)c21. The second-order valence-corrected chi connectivity index (χ2v) is 11.9. The van der Waals surface area contributed by atoms with Gasteiger partial charge in [0, 0.05) is 17.8 Å². The van der Waals surface area contributed by atoms with Crippen LogP contribution in [0.2, 0.25) is 0 Å². The van der Waals surface area contributed by atoms with Gasteiger partial charge in [-0.25, -0.2) is 24.7 Å². The lowest BCUT2D eigenvalue weighted by molar-refractivity contribution is 0.0684. The van der Waals surface area contributed by atoms with Crippen LogP contribution in [0.1, 0.15) is 102 Å². The van der Waals surface area contributed by atoms with E-state index in [0.29, 0.717) is 52.8 Å². The van der Waals surface area contributed by atoms with E-state index in [2.05, 4.69) is 49.6 Å². The molecular formula is C31H42N6O3. The van der Waals surface area contributed by atoms with Crippen molar-refractivity contribution in [2.24, 2.45) is 17.8 Å². The van der Waals surface area contributed by atoms with Crippen LogP contribution >= 0.6 is 0 Å². The number of carbonyl (C=O) groups is 1. The molecule has 0 radical (unpaired) electrons. The number of hydrogen-bond acceptors (Lipinski definition) is 7. The topological polar surface area (TPSA) is 115 Å². The Morgan fingerprint density at radius 3 is 2.42 bits per heavy atom. The number of pyridine rings is 1. The van der Waals surface area contributed by atoms with Crippen molar-refractivity contribution in [3.63, 3.8) is 0 Å². The first-order valence-electron chi connectivity index (χ1n) is 14.8. The molecule has 9 heteroatoms. The third-order valence-corrected chi connectivity index (χ3v) is 8.71. The standard InChI is InChI=1S/C31H42N6O3/c1-7-40-25-16-23(17(2)3)15-24(33-25)30-36-28-26(37(30)20(6)22-13-11-18(4)12-14-22)27(34-29(35-28)31(38)39)32-19(5)21-9-8-10-21/h15-19,21-22H,6-14H2,1-5H3,(H,38,39)(H,32,34,35)/t18-,19-,22-/m1/s1. The third-order valence-electron chi connectivity index (χ3n) is 8.71. The predicted octanol–water partition coefficient (Wildman–Crippen LogP) is 7.01. The molecule has 0 amide bonds. The normalized spacial score (nSPS) is 20.4. The molecule has 1 atom stereocenters. The molecule has 0 spiro atoms.